The predicted octanol–water partition coefficient (Wildman–Crippen LogP) is 1.63. The molecular weight excluding hydrogens is 220 g/mol. The topological polar surface area (TPSA) is 63.6 Å². The Morgan fingerprint density at radius 2 is 1.88 bits per heavy atom. The van der Waals surface area contributed by atoms with Gasteiger partial charge in [0.05, 0.1) is 6.61 Å². The van der Waals surface area contributed by atoms with Crippen LogP contribution in [0.5, 0.6) is 0 Å². The SMILES string of the molecule is COCC1(c2ccc(C(=O)C(=O)O)cc2)CC1. The van der Waals surface area contributed by atoms with Gasteiger partial charge in [0.25, 0.3) is 5.78 Å². The molecule has 1 aromatic carbocycles. The lowest BCUT2D eigenvalue weighted by molar-refractivity contribution is -0.131. The molecule has 1 saturated carbocycles. The first-order valence-electron chi connectivity index (χ1n) is 5.46. The Labute approximate surface area is 99.2 Å². The van der Waals surface area contributed by atoms with E-state index in [2.05, 4.69) is 0 Å². The van der Waals surface area contributed by atoms with E-state index in [1.807, 2.05) is 12.1 Å². The van der Waals surface area contributed by atoms with Crippen molar-refractivity contribution in [2.45, 2.75) is 18.3 Å². The van der Waals surface area contributed by atoms with E-state index in [-0.39, 0.29) is 11.0 Å². The van der Waals surface area contributed by atoms with Crippen molar-refractivity contribution in [1.29, 1.82) is 0 Å². The molecule has 90 valence electrons. The van der Waals surface area contributed by atoms with E-state index >= 15 is 0 Å². The van der Waals surface area contributed by atoms with Crippen molar-refractivity contribution < 1.29 is 19.4 Å². The third-order valence-electron chi connectivity index (χ3n) is 3.23. The lowest BCUT2D eigenvalue weighted by atomic mass is 9.95. The van der Waals surface area contributed by atoms with Crippen LogP contribution < -0.4 is 0 Å². The molecule has 1 fully saturated rings. The van der Waals surface area contributed by atoms with Crippen molar-refractivity contribution in [3.05, 3.63) is 35.4 Å². The Bertz CT molecular complexity index is 443. The van der Waals surface area contributed by atoms with Crippen molar-refractivity contribution in [3.8, 4) is 0 Å². The van der Waals surface area contributed by atoms with E-state index in [0.29, 0.717) is 6.61 Å². The summed E-state index contributed by atoms with van der Waals surface area (Å²) in [6.07, 6.45) is 2.15. The van der Waals surface area contributed by atoms with Crippen molar-refractivity contribution in [2.24, 2.45) is 0 Å². The van der Waals surface area contributed by atoms with Crippen LogP contribution in [0.1, 0.15) is 28.8 Å². The van der Waals surface area contributed by atoms with E-state index in [9.17, 15) is 9.59 Å². The Morgan fingerprint density at radius 1 is 1.29 bits per heavy atom. The Balaban J connectivity index is 2.19. The molecule has 4 heteroatoms. The molecule has 0 saturated heterocycles. The molecule has 2 rings (SSSR count). The number of aliphatic carboxylic acids is 1. The Kier molecular flexibility index (Phi) is 2.98. The highest BCUT2D eigenvalue weighted by Gasteiger charge is 2.44. The normalized spacial score (nSPS) is 16.5. The zero-order valence-corrected chi connectivity index (χ0v) is 9.60. The molecular formula is C13H14O4. The van der Waals surface area contributed by atoms with Crippen molar-refractivity contribution in [3.63, 3.8) is 0 Å². The van der Waals surface area contributed by atoms with Crippen molar-refractivity contribution in [2.75, 3.05) is 13.7 Å². The second-order valence-corrected chi connectivity index (χ2v) is 4.42. The first kappa shape index (κ1) is 11.8. The number of ketones is 1. The van der Waals surface area contributed by atoms with Crippen LogP contribution in [0.4, 0.5) is 0 Å². The van der Waals surface area contributed by atoms with Crippen LogP contribution in [0.15, 0.2) is 24.3 Å². The number of carboxylic acid groups (broad SMARTS) is 1. The average molecular weight is 234 g/mol. The van der Waals surface area contributed by atoms with E-state index in [4.69, 9.17) is 9.84 Å². The zero-order valence-electron chi connectivity index (χ0n) is 9.60. The molecule has 0 spiro atoms. The molecule has 1 aliphatic rings. The van der Waals surface area contributed by atoms with E-state index in [0.717, 1.165) is 18.4 Å². The molecule has 17 heavy (non-hydrogen) atoms. The minimum absolute atomic E-state index is 0.0829. The van der Waals surface area contributed by atoms with Crippen LogP contribution in [0, 0.1) is 0 Å². The van der Waals surface area contributed by atoms with Gasteiger partial charge in [0.1, 0.15) is 0 Å². The minimum Gasteiger partial charge on any atom is -0.475 e. The molecule has 4 nitrogen and oxygen atoms in total. The fourth-order valence-electron chi connectivity index (χ4n) is 2.04. The van der Waals surface area contributed by atoms with Crippen LogP contribution in [-0.2, 0) is 14.9 Å². The van der Waals surface area contributed by atoms with Gasteiger partial charge in [-0.25, -0.2) is 4.79 Å². The number of Topliss-reactive ketones (excluding diaryl/α,β-unsaturated/α-hetero) is 1. The molecule has 0 bridgehead atoms. The van der Waals surface area contributed by atoms with Gasteiger partial charge in [0, 0.05) is 18.1 Å². The first-order chi connectivity index (χ1) is 8.09. The molecule has 0 atom stereocenters. The zero-order chi connectivity index (χ0) is 12.5. The second kappa shape index (κ2) is 4.30. The first-order valence-corrected chi connectivity index (χ1v) is 5.46. The van der Waals surface area contributed by atoms with Crippen LogP contribution in [0.3, 0.4) is 0 Å². The predicted molar refractivity (Wildman–Crippen MR) is 61.2 cm³/mol. The highest BCUT2D eigenvalue weighted by atomic mass is 16.5. The summed E-state index contributed by atoms with van der Waals surface area (Å²) in [5, 5.41) is 8.59. The summed E-state index contributed by atoms with van der Waals surface area (Å²) in [6, 6.07) is 6.79. The maximum Gasteiger partial charge on any atom is 0.377 e. The van der Waals surface area contributed by atoms with Gasteiger partial charge in [0.2, 0.25) is 0 Å². The Morgan fingerprint density at radius 3 is 2.29 bits per heavy atom. The van der Waals surface area contributed by atoms with Crippen molar-refractivity contribution in [1.82, 2.24) is 0 Å². The highest BCUT2D eigenvalue weighted by molar-refractivity contribution is 6.39. The molecule has 1 aliphatic carbocycles. The summed E-state index contributed by atoms with van der Waals surface area (Å²) in [4.78, 5) is 21.7. The van der Waals surface area contributed by atoms with Gasteiger partial charge in [-0.1, -0.05) is 24.3 Å². The fraction of sp³-hybridized carbons (Fsp3) is 0.385. The van der Waals surface area contributed by atoms with Gasteiger partial charge in [0.15, 0.2) is 0 Å². The summed E-state index contributed by atoms with van der Waals surface area (Å²) < 4.78 is 5.18. The summed E-state index contributed by atoms with van der Waals surface area (Å²) in [5.41, 5.74) is 1.41. The monoisotopic (exact) mass is 234 g/mol. The third kappa shape index (κ3) is 2.22. The Hall–Kier alpha value is -1.68. The molecule has 0 aromatic heterocycles. The number of hydrogen-bond acceptors (Lipinski definition) is 3. The standard InChI is InChI=1S/C13H14O4/c1-17-8-13(6-7-13)10-4-2-9(3-5-10)11(14)12(15)16/h2-5H,6-8H2,1H3,(H,15,16). The summed E-state index contributed by atoms with van der Waals surface area (Å²) in [7, 11) is 1.67. The number of benzene rings is 1. The van der Waals surface area contributed by atoms with Gasteiger partial charge in [-0.2, -0.15) is 0 Å². The van der Waals surface area contributed by atoms with Gasteiger partial charge in [-0.05, 0) is 18.4 Å². The fourth-order valence-corrected chi connectivity index (χ4v) is 2.04. The third-order valence-corrected chi connectivity index (χ3v) is 3.23. The molecule has 0 radical (unpaired) electrons. The summed E-state index contributed by atoms with van der Waals surface area (Å²) in [6.45, 7) is 0.666. The highest BCUT2D eigenvalue weighted by Crippen LogP contribution is 2.48. The van der Waals surface area contributed by atoms with Gasteiger partial charge >= 0.3 is 5.97 Å². The van der Waals surface area contributed by atoms with Crippen molar-refractivity contribution >= 4 is 11.8 Å². The number of carboxylic acids is 1. The molecule has 0 heterocycles. The maximum absolute atomic E-state index is 11.2. The van der Waals surface area contributed by atoms with E-state index < -0.39 is 11.8 Å². The number of ether oxygens (including phenoxy) is 1. The number of carbonyl (C=O) groups is 2. The lowest BCUT2D eigenvalue weighted by Gasteiger charge is -2.14. The van der Waals surface area contributed by atoms with Gasteiger partial charge < -0.3 is 9.84 Å². The molecule has 0 aliphatic heterocycles. The number of carbonyl (C=O) groups excluding carboxylic acids is 1. The van der Waals surface area contributed by atoms with Crippen LogP contribution in [0.25, 0.3) is 0 Å². The smallest absolute Gasteiger partial charge is 0.377 e. The summed E-state index contributed by atoms with van der Waals surface area (Å²) >= 11 is 0. The van der Waals surface area contributed by atoms with Crippen LogP contribution in [0.2, 0.25) is 0 Å². The number of methoxy groups -OCH3 is 1. The van der Waals surface area contributed by atoms with Gasteiger partial charge in [-0.3, -0.25) is 4.79 Å². The molecule has 0 amide bonds. The van der Waals surface area contributed by atoms with Gasteiger partial charge in [-0.15, -0.1) is 0 Å². The number of hydrogen-bond donors (Lipinski definition) is 1. The molecule has 0 unspecified atom stereocenters. The van der Waals surface area contributed by atoms with E-state index in [1.165, 1.54) is 0 Å². The average Bonchev–Trinajstić information content (AvgIpc) is 3.10. The largest absolute Gasteiger partial charge is 0.475 e. The molecule has 1 aromatic rings. The molecule has 1 N–H and O–H groups in total. The quantitative estimate of drug-likeness (QED) is 0.621. The minimum atomic E-state index is -1.42. The van der Waals surface area contributed by atoms with Crippen LogP contribution >= 0.6 is 0 Å². The van der Waals surface area contributed by atoms with Crippen LogP contribution in [-0.4, -0.2) is 30.6 Å². The second-order valence-electron chi connectivity index (χ2n) is 4.42. The number of rotatable bonds is 5. The van der Waals surface area contributed by atoms with E-state index in [1.54, 1.807) is 19.2 Å². The lowest BCUT2D eigenvalue weighted by Crippen LogP contribution is -2.15. The maximum atomic E-state index is 11.2. The summed E-state index contributed by atoms with van der Waals surface area (Å²) in [5.74, 6) is -2.29.